The summed E-state index contributed by atoms with van der Waals surface area (Å²) in [6.45, 7) is 6.20. The predicted molar refractivity (Wildman–Crippen MR) is 118 cm³/mol. The highest BCUT2D eigenvalue weighted by Gasteiger charge is 2.24. The molecule has 1 atom stereocenters. The van der Waals surface area contributed by atoms with Crippen LogP contribution in [0.1, 0.15) is 36.2 Å². The van der Waals surface area contributed by atoms with E-state index in [1.807, 2.05) is 12.1 Å². The summed E-state index contributed by atoms with van der Waals surface area (Å²) in [4.78, 5) is 14.3. The van der Waals surface area contributed by atoms with E-state index in [1.165, 1.54) is 11.3 Å². The lowest BCUT2D eigenvalue weighted by Gasteiger charge is -2.25. The van der Waals surface area contributed by atoms with Crippen LogP contribution in [0.5, 0.6) is 0 Å². The number of hydrogen-bond donors (Lipinski definition) is 2. The molecular weight excluding hydrogens is 370 g/mol. The van der Waals surface area contributed by atoms with Crippen LogP contribution in [-0.2, 0) is 11.2 Å². The van der Waals surface area contributed by atoms with Gasteiger partial charge in [-0.2, -0.15) is 0 Å². The number of rotatable bonds is 7. The summed E-state index contributed by atoms with van der Waals surface area (Å²) >= 11 is 5.38. The number of carbonyl (C=O) groups excluding carboxylic acids is 1. The molecule has 148 valence electrons. The van der Waals surface area contributed by atoms with Crippen LogP contribution in [-0.4, -0.2) is 36.8 Å². The Hall–Kier alpha value is -2.60. The minimum Gasteiger partial charge on any atom is -0.462 e. The average molecular weight is 398 g/mol. The summed E-state index contributed by atoms with van der Waals surface area (Å²) in [5, 5.41) is 6.93. The number of carbonyl (C=O) groups is 1. The third-order valence-corrected chi connectivity index (χ3v) is 5.09. The van der Waals surface area contributed by atoms with Gasteiger partial charge in [-0.05, 0) is 68.7 Å². The fourth-order valence-corrected chi connectivity index (χ4v) is 3.76. The van der Waals surface area contributed by atoms with E-state index in [1.54, 1.807) is 19.1 Å². The maximum absolute atomic E-state index is 11.8. The Morgan fingerprint density at radius 3 is 2.89 bits per heavy atom. The lowest BCUT2D eigenvalue weighted by atomic mass is 10.1. The summed E-state index contributed by atoms with van der Waals surface area (Å²) in [6.07, 6.45) is 2.10. The molecule has 0 amide bonds. The van der Waals surface area contributed by atoms with Gasteiger partial charge < -0.3 is 20.3 Å². The topological polar surface area (TPSA) is 53.6 Å². The van der Waals surface area contributed by atoms with Crippen molar-refractivity contribution in [2.75, 3.05) is 29.9 Å². The van der Waals surface area contributed by atoms with Gasteiger partial charge in [0.15, 0.2) is 5.11 Å². The van der Waals surface area contributed by atoms with Crippen molar-refractivity contribution >= 4 is 34.7 Å². The third-order valence-electron chi connectivity index (χ3n) is 4.84. The molecule has 0 unspecified atom stereocenters. The van der Waals surface area contributed by atoms with Gasteiger partial charge in [-0.3, -0.25) is 0 Å². The highest BCUT2D eigenvalue weighted by molar-refractivity contribution is 7.80. The summed E-state index contributed by atoms with van der Waals surface area (Å²) in [5.41, 5.74) is 4.06. The van der Waals surface area contributed by atoms with Gasteiger partial charge in [-0.1, -0.05) is 24.3 Å². The third kappa shape index (κ3) is 5.01. The normalized spacial score (nSPS) is 15.1. The van der Waals surface area contributed by atoms with Gasteiger partial charge in [-0.15, -0.1) is 0 Å². The number of nitrogens with zero attached hydrogens (tertiary/aromatic N) is 1. The van der Waals surface area contributed by atoms with Crippen LogP contribution in [0.15, 0.2) is 48.5 Å². The number of nitrogens with one attached hydrogen (secondary N) is 2. The molecule has 28 heavy (non-hydrogen) atoms. The highest BCUT2D eigenvalue weighted by Crippen LogP contribution is 2.31. The summed E-state index contributed by atoms with van der Waals surface area (Å²) < 4.78 is 5.03. The minimum atomic E-state index is -0.329. The number of thiocarbonyl (C=S) groups is 1. The van der Waals surface area contributed by atoms with Crippen LogP contribution in [0.25, 0.3) is 0 Å². The van der Waals surface area contributed by atoms with Crippen molar-refractivity contribution in [2.24, 2.45) is 0 Å². The fourth-order valence-electron chi connectivity index (χ4n) is 3.54. The smallest absolute Gasteiger partial charge is 0.338 e. The molecule has 0 saturated heterocycles. The van der Waals surface area contributed by atoms with E-state index in [-0.39, 0.29) is 5.97 Å². The van der Waals surface area contributed by atoms with Crippen molar-refractivity contribution < 1.29 is 9.53 Å². The Balaban J connectivity index is 1.44. The van der Waals surface area contributed by atoms with Gasteiger partial charge in [0.2, 0.25) is 0 Å². The van der Waals surface area contributed by atoms with E-state index in [9.17, 15) is 4.79 Å². The molecular formula is C22H27N3O2S. The zero-order chi connectivity index (χ0) is 19.9. The Kier molecular flexibility index (Phi) is 6.87. The molecule has 0 fully saturated rings. The molecule has 2 N–H and O–H groups in total. The van der Waals surface area contributed by atoms with Crippen LogP contribution >= 0.6 is 12.2 Å². The SMILES string of the molecule is CCOC(=O)c1cccc(NC(=S)NCCCN2c3ccccc3C[C@H]2C)c1. The largest absolute Gasteiger partial charge is 0.462 e. The lowest BCUT2D eigenvalue weighted by Crippen LogP contribution is -2.34. The van der Waals surface area contributed by atoms with Gasteiger partial charge in [0.25, 0.3) is 0 Å². The van der Waals surface area contributed by atoms with Gasteiger partial charge in [-0.25, -0.2) is 4.79 Å². The van der Waals surface area contributed by atoms with E-state index < -0.39 is 0 Å². The maximum Gasteiger partial charge on any atom is 0.338 e. The van der Waals surface area contributed by atoms with E-state index >= 15 is 0 Å². The molecule has 1 aliphatic rings. The highest BCUT2D eigenvalue weighted by atomic mass is 32.1. The first-order chi connectivity index (χ1) is 13.6. The predicted octanol–water partition coefficient (Wildman–Crippen LogP) is 3.99. The Morgan fingerprint density at radius 1 is 1.25 bits per heavy atom. The second-order valence-corrected chi connectivity index (χ2v) is 7.32. The van der Waals surface area contributed by atoms with E-state index in [4.69, 9.17) is 17.0 Å². The molecule has 0 saturated carbocycles. The Labute approximate surface area is 172 Å². The van der Waals surface area contributed by atoms with Crippen LogP contribution < -0.4 is 15.5 Å². The van der Waals surface area contributed by atoms with E-state index in [2.05, 4.69) is 46.7 Å². The van der Waals surface area contributed by atoms with Gasteiger partial charge in [0, 0.05) is 30.5 Å². The van der Waals surface area contributed by atoms with Gasteiger partial charge >= 0.3 is 5.97 Å². The standard InChI is InChI=1S/C22H27N3O2S/c1-3-27-21(26)18-9-6-10-19(15-18)24-22(28)23-12-7-13-25-16(2)14-17-8-4-5-11-20(17)25/h4-6,8-11,15-16H,3,7,12-14H2,1-2H3,(H2,23,24,28)/t16-/m1/s1. The molecule has 5 nitrogen and oxygen atoms in total. The van der Waals surface area contributed by atoms with Crippen LogP contribution in [0, 0.1) is 0 Å². The monoisotopic (exact) mass is 397 g/mol. The second kappa shape index (κ2) is 9.55. The lowest BCUT2D eigenvalue weighted by molar-refractivity contribution is 0.0526. The molecule has 3 rings (SSSR count). The molecule has 0 bridgehead atoms. The molecule has 0 aromatic heterocycles. The van der Waals surface area contributed by atoms with E-state index in [0.29, 0.717) is 23.3 Å². The number of para-hydroxylation sites is 1. The fraction of sp³-hybridized carbons (Fsp3) is 0.364. The zero-order valence-corrected chi connectivity index (χ0v) is 17.2. The molecule has 6 heteroatoms. The minimum absolute atomic E-state index is 0.329. The summed E-state index contributed by atoms with van der Waals surface area (Å²) in [5.74, 6) is -0.329. The van der Waals surface area contributed by atoms with Crippen LogP contribution in [0.2, 0.25) is 0 Å². The molecule has 2 aromatic carbocycles. The summed E-state index contributed by atoms with van der Waals surface area (Å²) in [7, 11) is 0. The van der Waals surface area contributed by atoms with Crippen LogP contribution in [0.3, 0.4) is 0 Å². The molecule has 0 aliphatic carbocycles. The van der Waals surface area contributed by atoms with Crippen molar-refractivity contribution in [2.45, 2.75) is 32.7 Å². The zero-order valence-electron chi connectivity index (χ0n) is 16.4. The Bertz CT molecular complexity index is 840. The molecule has 0 spiro atoms. The molecule has 2 aromatic rings. The number of benzene rings is 2. The number of anilines is 2. The first-order valence-corrected chi connectivity index (χ1v) is 10.2. The van der Waals surface area contributed by atoms with E-state index in [0.717, 1.165) is 31.6 Å². The van der Waals surface area contributed by atoms with Crippen molar-refractivity contribution in [3.05, 3.63) is 59.7 Å². The van der Waals surface area contributed by atoms with Crippen molar-refractivity contribution in [3.8, 4) is 0 Å². The molecule has 1 heterocycles. The van der Waals surface area contributed by atoms with Crippen LogP contribution in [0.4, 0.5) is 11.4 Å². The number of hydrogen-bond acceptors (Lipinski definition) is 4. The van der Waals surface area contributed by atoms with Gasteiger partial charge in [0.1, 0.15) is 0 Å². The maximum atomic E-state index is 11.8. The number of ether oxygens (including phenoxy) is 1. The number of esters is 1. The van der Waals surface area contributed by atoms with Crippen molar-refractivity contribution in [1.29, 1.82) is 0 Å². The first-order valence-electron chi connectivity index (χ1n) is 9.75. The molecule has 1 aliphatic heterocycles. The quantitative estimate of drug-likeness (QED) is 0.419. The van der Waals surface area contributed by atoms with Gasteiger partial charge in [0.05, 0.1) is 12.2 Å². The summed E-state index contributed by atoms with van der Waals surface area (Å²) in [6, 6.07) is 16.3. The first kappa shape index (κ1) is 20.1. The second-order valence-electron chi connectivity index (χ2n) is 6.91. The Morgan fingerprint density at radius 2 is 2.07 bits per heavy atom. The van der Waals surface area contributed by atoms with Crippen molar-refractivity contribution in [3.63, 3.8) is 0 Å². The number of fused-ring (bicyclic) bond motifs is 1. The van der Waals surface area contributed by atoms with Crippen molar-refractivity contribution in [1.82, 2.24) is 5.32 Å². The average Bonchev–Trinajstić information content (AvgIpc) is 3.01. The molecule has 0 radical (unpaired) electrons.